The van der Waals surface area contributed by atoms with Gasteiger partial charge in [-0.05, 0) is 57.8 Å². The summed E-state index contributed by atoms with van der Waals surface area (Å²) in [5, 5.41) is 1.29. The summed E-state index contributed by atoms with van der Waals surface area (Å²) in [7, 11) is 2.20. The molecule has 5 nitrogen and oxygen atoms in total. The Hall–Kier alpha value is -1.53. The van der Waals surface area contributed by atoms with Crippen LogP contribution in [0.3, 0.4) is 0 Å². The van der Waals surface area contributed by atoms with E-state index < -0.39 is 0 Å². The summed E-state index contributed by atoms with van der Waals surface area (Å²) in [5.41, 5.74) is 9.27. The number of piperidine rings is 1. The van der Waals surface area contributed by atoms with Crippen LogP contribution in [-0.4, -0.2) is 40.0 Å². The number of hydrogen-bond donors (Lipinski definition) is 1. The summed E-state index contributed by atoms with van der Waals surface area (Å²) in [6.07, 6.45) is 7.48. The van der Waals surface area contributed by atoms with Crippen molar-refractivity contribution in [3.05, 3.63) is 22.5 Å². The van der Waals surface area contributed by atoms with E-state index in [1.807, 2.05) is 17.5 Å². The molecular formula is C16H21N5S. The number of likely N-dealkylation sites (tertiary alicyclic amines) is 1. The summed E-state index contributed by atoms with van der Waals surface area (Å²) < 4.78 is 0. The van der Waals surface area contributed by atoms with Gasteiger partial charge in [-0.3, -0.25) is 0 Å². The first-order valence-corrected chi connectivity index (χ1v) is 8.82. The maximum absolute atomic E-state index is 5.81. The van der Waals surface area contributed by atoms with Crippen LogP contribution in [0.4, 0.5) is 5.95 Å². The Morgan fingerprint density at radius 2 is 2.05 bits per heavy atom. The van der Waals surface area contributed by atoms with Crippen molar-refractivity contribution in [2.24, 2.45) is 0 Å². The van der Waals surface area contributed by atoms with E-state index in [1.165, 1.54) is 47.1 Å². The second-order valence-electron chi connectivity index (χ2n) is 6.36. The predicted molar refractivity (Wildman–Crippen MR) is 89.0 cm³/mol. The number of anilines is 1. The number of fused-ring (bicyclic) bond motifs is 3. The third kappa shape index (κ3) is 2.50. The highest BCUT2D eigenvalue weighted by molar-refractivity contribution is 7.15. The Balaban J connectivity index is 1.72. The number of nitrogens with zero attached hydrogens (tertiary/aromatic N) is 4. The fourth-order valence-electron chi connectivity index (χ4n) is 3.40. The topological polar surface area (TPSA) is 67.9 Å². The van der Waals surface area contributed by atoms with Gasteiger partial charge in [0, 0.05) is 12.1 Å². The minimum absolute atomic E-state index is 0.362. The van der Waals surface area contributed by atoms with Gasteiger partial charge in [-0.2, -0.15) is 0 Å². The Kier molecular flexibility index (Phi) is 3.58. The van der Waals surface area contributed by atoms with Gasteiger partial charge in [-0.15, -0.1) is 11.3 Å². The van der Waals surface area contributed by atoms with Crippen molar-refractivity contribution in [2.45, 2.75) is 38.0 Å². The van der Waals surface area contributed by atoms with Crippen LogP contribution in [0.15, 0.2) is 6.20 Å². The number of thiazole rings is 1. The molecule has 22 heavy (non-hydrogen) atoms. The molecule has 0 atom stereocenters. The summed E-state index contributed by atoms with van der Waals surface area (Å²) in [5.74, 6) is 0.969. The molecule has 0 radical (unpaired) electrons. The summed E-state index contributed by atoms with van der Waals surface area (Å²) in [4.78, 5) is 17.3. The van der Waals surface area contributed by atoms with Crippen LogP contribution in [0.1, 0.15) is 41.4 Å². The van der Waals surface area contributed by atoms with Crippen LogP contribution in [0.25, 0.3) is 10.6 Å². The molecule has 2 aromatic rings. The van der Waals surface area contributed by atoms with Gasteiger partial charge in [0.05, 0.1) is 21.3 Å². The standard InChI is InChI=1S/C16H21N5S/c1-21-7-5-10(6-8-21)15-19-12-4-2-3-11-9-18-16(17)20-13(11)14(12)22-15/h9-10H,2-8H2,1H3,(H2,17,18,20). The van der Waals surface area contributed by atoms with Crippen molar-refractivity contribution in [3.8, 4) is 10.6 Å². The summed E-state index contributed by atoms with van der Waals surface area (Å²) in [6.45, 7) is 2.33. The quantitative estimate of drug-likeness (QED) is 0.875. The van der Waals surface area contributed by atoms with Crippen molar-refractivity contribution >= 4 is 17.3 Å². The van der Waals surface area contributed by atoms with Gasteiger partial charge in [0.1, 0.15) is 0 Å². The molecule has 1 aliphatic carbocycles. The third-order valence-electron chi connectivity index (χ3n) is 4.74. The predicted octanol–water partition coefficient (Wildman–Crippen LogP) is 2.48. The van der Waals surface area contributed by atoms with E-state index in [0.717, 1.165) is 25.0 Å². The number of aromatic nitrogens is 3. The highest BCUT2D eigenvalue weighted by Crippen LogP contribution is 2.40. The molecule has 0 spiro atoms. The van der Waals surface area contributed by atoms with E-state index in [9.17, 15) is 0 Å². The highest BCUT2D eigenvalue weighted by Gasteiger charge is 2.26. The van der Waals surface area contributed by atoms with E-state index in [4.69, 9.17) is 10.7 Å². The van der Waals surface area contributed by atoms with Crippen LogP contribution in [0.2, 0.25) is 0 Å². The molecule has 0 aromatic carbocycles. The molecule has 4 rings (SSSR count). The van der Waals surface area contributed by atoms with E-state index in [0.29, 0.717) is 11.9 Å². The van der Waals surface area contributed by atoms with Gasteiger partial charge in [0.2, 0.25) is 5.95 Å². The monoisotopic (exact) mass is 315 g/mol. The normalized spacial score (nSPS) is 19.5. The van der Waals surface area contributed by atoms with Crippen LogP contribution < -0.4 is 5.73 Å². The van der Waals surface area contributed by atoms with Crippen LogP contribution in [0.5, 0.6) is 0 Å². The number of nitrogens with two attached hydrogens (primary N) is 1. The van der Waals surface area contributed by atoms with Crippen molar-refractivity contribution in [1.82, 2.24) is 19.9 Å². The van der Waals surface area contributed by atoms with Crippen LogP contribution in [0, 0.1) is 0 Å². The van der Waals surface area contributed by atoms with Gasteiger partial charge in [0.15, 0.2) is 0 Å². The van der Waals surface area contributed by atoms with Crippen molar-refractivity contribution in [1.29, 1.82) is 0 Å². The second-order valence-corrected chi connectivity index (χ2v) is 7.39. The van der Waals surface area contributed by atoms with Gasteiger partial charge >= 0.3 is 0 Å². The third-order valence-corrected chi connectivity index (χ3v) is 6.01. The lowest BCUT2D eigenvalue weighted by molar-refractivity contribution is 0.255. The van der Waals surface area contributed by atoms with Crippen molar-refractivity contribution < 1.29 is 0 Å². The lowest BCUT2D eigenvalue weighted by Crippen LogP contribution is -2.29. The molecule has 0 bridgehead atoms. The van der Waals surface area contributed by atoms with E-state index >= 15 is 0 Å². The first-order valence-electron chi connectivity index (χ1n) is 8.00. The van der Waals surface area contributed by atoms with Gasteiger partial charge in [-0.25, -0.2) is 15.0 Å². The fraction of sp³-hybridized carbons (Fsp3) is 0.562. The first-order chi connectivity index (χ1) is 10.7. The Bertz CT molecular complexity index is 688. The van der Waals surface area contributed by atoms with Gasteiger partial charge in [-0.1, -0.05) is 0 Å². The number of aryl methyl sites for hydroxylation is 2. The molecule has 2 aliphatic rings. The lowest BCUT2D eigenvalue weighted by Gasteiger charge is -2.27. The molecule has 1 aliphatic heterocycles. The maximum atomic E-state index is 5.81. The van der Waals surface area contributed by atoms with E-state index in [2.05, 4.69) is 21.9 Å². The average Bonchev–Trinajstić information content (AvgIpc) is 2.86. The molecule has 116 valence electrons. The molecule has 0 unspecified atom stereocenters. The highest BCUT2D eigenvalue weighted by atomic mass is 32.1. The summed E-state index contributed by atoms with van der Waals surface area (Å²) >= 11 is 1.83. The van der Waals surface area contributed by atoms with Gasteiger partial charge in [0.25, 0.3) is 0 Å². The van der Waals surface area contributed by atoms with E-state index in [1.54, 1.807) is 0 Å². The zero-order chi connectivity index (χ0) is 15.1. The second kappa shape index (κ2) is 5.59. The zero-order valence-corrected chi connectivity index (χ0v) is 13.7. The molecular weight excluding hydrogens is 294 g/mol. The molecule has 6 heteroatoms. The zero-order valence-electron chi connectivity index (χ0n) is 12.9. The average molecular weight is 315 g/mol. The Labute approximate surface area is 134 Å². The van der Waals surface area contributed by atoms with E-state index in [-0.39, 0.29) is 0 Å². The smallest absolute Gasteiger partial charge is 0.220 e. The number of rotatable bonds is 1. The number of hydrogen-bond acceptors (Lipinski definition) is 6. The molecule has 1 saturated heterocycles. The minimum Gasteiger partial charge on any atom is -0.368 e. The lowest BCUT2D eigenvalue weighted by atomic mass is 9.98. The Morgan fingerprint density at radius 3 is 2.86 bits per heavy atom. The summed E-state index contributed by atoms with van der Waals surface area (Å²) in [6, 6.07) is 0. The molecule has 0 saturated carbocycles. The van der Waals surface area contributed by atoms with Crippen molar-refractivity contribution in [3.63, 3.8) is 0 Å². The molecule has 0 amide bonds. The number of nitrogen functional groups attached to an aromatic ring is 1. The fourth-order valence-corrected chi connectivity index (χ4v) is 4.71. The SMILES string of the molecule is CN1CCC(c2nc3c(s2)-c2nc(N)ncc2CCC3)CC1. The van der Waals surface area contributed by atoms with Crippen molar-refractivity contribution in [2.75, 3.05) is 25.9 Å². The first kappa shape index (κ1) is 14.1. The maximum Gasteiger partial charge on any atom is 0.220 e. The molecule has 1 fully saturated rings. The van der Waals surface area contributed by atoms with Crippen LogP contribution >= 0.6 is 11.3 Å². The molecule has 3 heterocycles. The molecule has 2 N–H and O–H groups in total. The Morgan fingerprint density at radius 1 is 1.23 bits per heavy atom. The largest absolute Gasteiger partial charge is 0.368 e. The van der Waals surface area contributed by atoms with Gasteiger partial charge < -0.3 is 10.6 Å². The molecule has 2 aromatic heterocycles. The van der Waals surface area contributed by atoms with Crippen LogP contribution in [-0.2, 0) is 12.8 Å². The minimum atomic E-state index is 0.362.